The van der Waals surface area contributed by atoms with Crippen molar-refractivity contribution in [1.29, 1.82) is 0 Å². The molecule has 0 unspecified atom stereocenters. The van der Waals surface area contributed by atoms with Crippen LogP contribution in [0.15, 0.2) is 18.2 Å². The molecule has 0 saturated carbocycles. The fourth-order valence-corrected chi connectivity index (χ4v) is 1.08. The summed E-state index contributed by atoms with van der Waals surface area (Å²) in [6.07, 6.45) is 1.06. The minimum absolute atomic E-state index is 0.663. The Bertz CT molecular complexity index is 279. The first-order valence-electron chi connectivity index (χ1n) is 5.17. The number of hydrogen-bond acceptors (Lipinski definition) is 2. The van der Waals surface area contributed by atoms with Gasteiger partial charge in [-0.15, -0.1) is 12.1 Å². The molecule has 0 saturated heterocycles. The molecule has 0 aliphatic rings. The first kappa shape index (κ1) is 15.9. The van der Waals surface area contributed by atoms with Crippen LogP contribution in [0.5, 0.6) is 11.5 Å². The summed E-state index contributed by atoms with van der Waals surface area (Å²) in [5, 5.41) is 0. The van der Waals surface area contributed by atoms with Crippen molar-refractivity contribution < 1.29 is 25.8 Å². The molecule has 86 valence electrons. The van der Waals surface area contributed by atoms with E-state index in [-0.39, 0.29) is 0 Å². The molecular formula is C12H17BrO2Zn. The minimum atomic E-state index is 0.663. The first-order chi connectivity index (χ1) is 7.74. The summed E-state index contributed by atoms with van der Waals surface area (Å²) in [5.74, 6) is 2.21. The van der Waals surface area contributed by atoms with E-state index in [1.807, 2.05) is 12.1 Å². The monoisotopic (exact) mass is 336 g/mol. The second-order valence-electron chi connectivity index (χ2n) is 3.61. The van der Waals surface area contributed by atoms with Gasteiger partial charge >= 0.3 is 30.0 Å². The molecule has 0 aliphatic carbocycles. The van der Waals surface area contributed by atoms with Crippen molar-refractivity contribution in [2.45, 2.75) is 20.3 Å². The van der Waals surface area contributed by atoms with Crippen LogP contribution in [0, 0.1) is 12.0 Å². The van der Waals surface area contributed by atoms with Crippen LogP contribution in [0.2, 0.25) is 0 Å². The van der Waals surface area contributed by atoms with Crippen LogP contribution >= 0.6 is 13.6 Å². The van der Waals surface area contributed by atoms with Crippen LogP contribution in [0.3, 0.4) is 0 Å². The molecule has 1 aromatic rings. The molecule has 0 fully saturated rings. The Kier molecular flexibility index (Phi) is 10.1. The van der Waals surface area contributed by atoms with Gasteiger partial charge in [-0.25, -0.2) is 0 Å². The van der Waals surface area contributed by atoms with Crippen molar-refractivity contribution in [3.8, 4) is 11.5 Å². The Hall–Kier alpha value is -0.0766. The molecule has 0 atom stereocenters. The molecule has 0 aliphatic heterocycles. The van der Waals surface area contributed by atoms with E-state index in [1.165, 1.54) is 16.3 Å². The van der Waals surface area contributed by atoms with E-state index in [2.05, 4.69) is 33.5 Å². The standard InChI is InChI=1S/C12H17O2.BrH.Zn/c1-10(2)8-9-14-12-7-5-4-6-11(12)13-3;;/h5-7,10H,8-9H2,1-3H3;1H;/q-1;;+2/p-1. The fraction of sp³-hybridized carbons (Fsp3) is 0.500. The Morgan fingerprint density at radius 1 is 1.38 bits per heavy atom. The molecule has 4 heteroatoms. The molecule has 0 radical (unpaired) electrons. The summed E-state index contributed by atoms with van der Waals surface area (Å²) >= 11 is 4.25. The number of ether oxygens (including phenoxy) is 2. The van der Waals surface area contributed by atoms with E-state index in [0.29, 0.717) is 5.92 Å². The van der Waals surface area contributed by atoms with Gasteiger partial charge in [-0.3, -0.25) is 0 Å². The SMILES string of the molecule is COc1c[c-]ccc1OCCC(C)C.[Zn+][Br]. The van der Waals surface area contributed by atoms with Gasteiger partial charge in [0.2, 0.25) is 0 Å². The first-order valence-corrected chi connectivity index (χ1v) is 12.1. The Morgan fingerprint density at radius 3 is 2.62 bits per heavy atom. The van der Waals surface area contributed by atoms with Gasteiger partial charge in [0.15, 0.2) is 0 Å². The Labute approximate surface area is 115 Å². The molecule has 1 rings (SSSR count). The van der Waals surface area contributed by atoms with Crippen molar-refractivity contribution in [1.82, 2.24) is 0 Å². The van der Waals surface area contributed by atoms with Crippen LogP contribution in [-0.2, 0) is 16.3 Å². The predicted molar refractivity (Wildman–Crippen MR) is 65.7 cm³/mol. The van der Waals surface area contributed by atoms with Gasteiger partial charge in [-0.2, -0.15) is 12.1 Å². The van der Waals surface area contributed by atoms with Crippen molar-refractivity contribution in [3.05, 3.63) is 24.3 Å². The number of halogens is 1. The Balaban J connectivity index is 0.00000106. The second-order valence-corrected chi connectivity index (χ2v) is 3.61. The molecule has 1 aromatic carbocycles. The zero-order valence-electron chi connectivity index (χ0n) is 10.1. The van der Waals surface area contributed by atoms with E-state index in [0.717, 1.165) is 24.5 Å². The third-order valence-corrected chi connectivity index (χ3v) is 1.96. The van der Waals surface area contributed by atoms with Gasteiger partial charge in [0.25, 0.3) is 0 Å². The molecule has 0 bridgehead atoms. The zero-order chi connectivity index (χ0) is 12.4. The van der Waals surface area contributed by atoms with E-state index >= 15 is 0 Å². The van der Waals surface area contributed by atoms with Gasteiger partial charge in [0.05, 0.1) is 19.5 Å². The molecule has 2 nitrogen and oxygen atoms in total. The average Bonchev–Trinajstić information content (AvgIpc) is 2.32. The van der Waals surface area contributed by atoms with Crippen LogP contribution in [-0.4, -0.2) is 13.7 Å². The van der Waals surface area contributed by atoms with E-state index in [4.69, 9.17) is 9.47 Å². The van der Waals surface area contributed by atoms with E-state index in [1.54, 1.807) is 13.2 Å². The van der Waals surface area contributed by atoms with Crippen LogP contribution in [0.4, 0.5) is 0 Å². The maximum absolute atomic E-state index is 5.59. The van der Waals surface area contributed by atoms with E-state index in [9.17, 15) is 0 Å². The quantitative estimate of drug-likeness (QED) is 0.601. The summed E-state index contributed by atoms with van der Waals surface area (Å²) in [6.45, 7) is 5.09. The summed E-state index contributed by atoms with van der Waals surface area (Å²) in [5.41, 5.74) is 0. The average molecular weight is 339 g/mol. The predicted octanol–water partition coefficient (Wildman–Crippen LogP) is 3.76. The molecule has 0 aromatic heterocycles. The molecule has 0 spiro atoms. The molecule has 0 amide bonds. The van der Waals surface area contributed by atoms with E-state index < -0.39 is 0 Å². The fourth-order valence-electron chi connectivity index (χ4n) is 1.08. The Morgan fingerprint density at radius 2 is 2.06 bits per heavy atom. The van der Waals surface area contributed by atoms with Gasteiger partial charge in [0, 0.05) is 5.75 Å². The van der Waals surface area contributed by atoms with Crippen molar-refractivity contribution in [2.75, 3.05) is 13.7 Å². The van der Waals surface area contributed by atoms with Gasteiger partial charge < -0.3 is 9.47 Å². The summed E-state index contributed by atoms with van der Waals surface area (Å²) in [7, 11) is 1.64. The third-order valence-electron chi connectivity index (χ3n) is 1.96. The van der Waals surface area contributed by atoms with Gasteiger partial charge in [0.1, 0.15) is 0 Å². The zero-order valence-corrected chi connectivity index (χ0v) is 14.7. The molecule has 16 heavy (non-hydrogen) atoms. The van der Waals surface area contributed by atoms with Crippen molar-refractivity contribution in [3.63, 3.8) is 0 Å². The number of hydrogen-bond donors (Lipinski definition) is 0. The normalized spacial score (nSPS) is 9.44. The van der Waals surface area contributed by atoms with Crippen LogP contribution < -0.4 is 9.47 Å². The number of methoxy groups -OCH3 is 1. The van der Waals surface area contributed by atoms with Gasteiger partial charge in [-0.05, 0) is 12.3 Å². The summed E-state index contributed by atoms with van der Waals surface area (Å²) in [4.78, 5) is 0. The van der Waals surface area contributed by atoms with Crippen LogP contribution in [0.1, 0.15) is 20.3 Å². The van der Waals surface area contributed by atoms with Crippen molar-refractivity contribution in [2.24, 2.45) is 5.92 Å². The van der Waals surface area contributed by atoms with Crippen LogP contribution in [0.25, 0.3) is 0 Å². The number of benzene rings is 1. The maximum atomic E-state index is 5.59. The number of rotatable bonds is 5. The van der Waals surface area contributed by atoms with Gasteiger partial charge in [-0.1, -0.05) is 13.8 Å². The third kappa shape index (κ3) is 6.49. The molecule has 0 heterocycles. The summed E-state index contributed by atoms with van der Waals surface area (Å²) < 4.78 is 10.7. The van der Waals surface area contributed by atoms with Crippen molar-refractivity contribution >= 4 is 13.6 Å². The molecular weight excluding hydrogens is 321 g/mol. The molecule has 0 N–H and O–H groups in total. The second kappa shape index (κ2) is 10.1. The topological polar surface area (TPSA) is 18.5 Å². The summed E-state index contributed by atoms with van der Waals surface area (Å²) in [6, 6.07) is 8.43.